The highest BCUT2D eigenvalue weighted by atomic mass is 32.1. The van der Waals surface area contributed by atoms with Crippen LogP contribution in [0, 0.1) is 0 Å². The van der Waals surface area contributed by atoms with Crippen LogP contribution in [0.2, 0.25) is 0 Å². The molecule has 1 aliphatic carbocycles. The topological polar surface area (TPSA) is 88.3 Å². The van der Waals surface area contributed by atoms with Crippen molar-refractivity contribution in [1.29, 1.82) is 0 Å². The normalized spacial score (nSPS) is 18.0. The van der Waals surface area contributed by atoms with Gasteiger partial charge in [-0.3, -0.25) is 9.59 Å². The van der Waals surface area contributed by atoms with Crippen LogP contribution in [0.1, 0.15) is 35.5 Å². The van der Waals surface area contributed by atoms with E-state index < -0.39 is 0 Å². The van der Waals surface area contributed by atoms with E-state index in [0.717, 1.165) is 40.0 Å². The predicted molar refractivity (Wildman–Crippen MR) is 133 cm³/mol. The minimum Gasteiger partial charge on any atom is -0.328 e. The van der Waals surface area contributed by atoms with Crippen molar-refractivity contribution in [3.63, 3.8) is 0 Å². The van der Waals surface area contributed by atoms with E-state index in [-0.39, 0.29) is 5.91 Å². The Morgan fingerprint density at radius 3 is 2.59 bits per heavy atom. The van der Waals surface area contributed by atoms with Crippen LogP contribution in [0.15, 0.2) is 54.4 Å². The van der Waals surface area contributed by atoms with Crippen LogP contribution in [0.5, 0.6) is 0 Å². The maximum absolute atomic E-state index is 11.5. The second kappa shape index (κ2) is 11.1. The molecule has 0 spiro atoms. The average molecular weight is 451 g/mol. The fourth-order valence-corrected chi connectivity index (χ4v) is 4.44. The van der Waals surface area contributed by atoms with Crippen molar-refractivity contribution < 1.29 is 9.59 Å². The van der Waals surface area contributed by atoms with E-state index in [4.69, 9.17) is 5.73 Å². The van der Waals surface area contributed by atoms with Crippen LogP contribution in [-0.4, -0.2) is 48.3 Å². The molecule has 0 aliphatic heterocycles. The van der Waals surface area contributed by atoms with E-state index in [9.17, 15) is 9.59 Å². The van der Waals surface area contributed by atoms with Gasteiger partial charge in [0.25, 0.3) is 0 Å². The lowest BCUT2D eigenvalue weighted by Crippen LogP contribution is -2.36. The van der Waals surface area contributed by atoms with Crippen LogP contribution in [-0.2, 0) is 4.79 Å². The molecule has 168 valence electrons. The summed E-state index contributed by atoms with van der Waals surface area (Å²) >= 11 is 1.31. The Balaban J connectivity index is 0.000000243. The number of amides is 1. The molecule has 3 N–H and O–H groups in total. The Hall–Kier alpha value is -2.87. The van der Waals surface area contributed by atoms with Gasteiger partial charge in [0.2, 0.25) is 5.91 Å². The zero-order valence-electron chi connectivity index (χ0n) is 18.6. The molecule has 4 rings (SSSR count). The Kier molecular flexibility index (Phi) is 8.27. The van der Waals surface area contributed by atoms with E-state index >= 15 is 0 Å². The number of benzene rings is 2. The zero-order valence-corrected chi connectivity index (χ0v) is 19.4. The number of nitrogens with zero attached hydrogens (tertiary/aromatic N) is 2. The number of carbonyl (C=O) groups excluding carboxylic acids is 2. The highest BCUT2D eigenvalue weighted by Gasteiger charge is 2.19. The Morgan fingerprint density at radius 2 is 1.97 bits per heavy atom. The first kappa shape index (κ1) is 23.8. The first-order valence-corrected chi connectivity index (χ1v) is 11.6. The Bertz CT molecular complexity index is 1080. The number of nitrogens with two attached hydrogens (primary N) is 1. The van der Waals surface area contributed by atoms with Crippen molar-refractivity contribution in [2.24, 2.45) is 5.73 Å². The molecule has 1 aromatic heterocycles. The third-order valence-corrected chi connectivity index (χ3v) is 6.49. The minimum atomic E-state index is -0.255. The number of fused-ring (bicyclic) bond motifs is 1. The first-order chi connectivity index (χ1) is 15.4. The monoisotopic (exact) mass is 450 g/mol. The molecule has 0 unspecified atom stereocenters. The summed E-state index contributed by atoms with van der Waals surface area (Å²) < 4.78 is 0. The maximum Gasteiger partial charge on any atom is 0.247 e. The van der Waals surface area contributed by atoms with Crippen LogP contribution < -0.4 is 11.1 Å². The molecular formula is C25H30N4O2S. The molecule has 1 amide bonds. The number of carbonyl (C=O) groups is 2. The zero-order chi connectivity index (χ0) is 23.1. The predicted octanol–water partition coefficient (Wildman–Crippen LogP) is 4.72. The van der Waals surface area contributed by atoms with Crippen LogP contribution in [0.4, 0.5) is 5.69 Å². The first-order valence-electron chi connectivity index (χ1n) is 10.7. The lowest BCUT2D eigenvalue weighted by Gasteiger charge is -2.30. The number of rotatable bonds is 5. The molecule has 7 heteroatoms. The Labute approximate surface area is 193 Å². The van der Waals surface area contributed by atoms with Crippen LogP contribution >= 0.6 is 11.3 Å². The fourth-order valence-electron chi connectivity index (χ4n) is 3.82. The van der Waals surface area contributed by atoms with Gasteiger partial charge in [0.15, 0.2) is 11.3 Å². The van der Waals surface area contributed by atoms with E-state index in [1.165, 1.54) is 43.1 Å². The number of hydrogen-bond donors (Lipinski definition) is 2. The molecule has 0 radical (unpaired) electrons. The van der Waals surface area contributed by atoms with Gasteiger partial charge in [0, 0.05) is 34.1 Å². The van der Waals surface area contributed by atoms with Gasteiger partial charge < -0.3 is 16.0 Å². The molecule has 1 saturated carbocycles. The fraction of sp³-hybridized carbons (Fsp3) is 0.320. The van der Waals surface area contributed by atoms with Crippen molar-refractivity contribution in [3.8, 4) is 11.3 Å². The van der Waals surface area contributed by atoms with Gasteiger partial charge in [-0.25, -0.2) is 4.98 Å². The van der Waals surface area contributed by atoms with Gasteiger partial charge in [-0.1, -0.05) is 30.8 Å². The summed E-state index contributed by atoms with van der Waals surface area (Å²) in [4.78, 5) is 28.9. The lowest BCUT2D eigenvalue weighted by molar-refractivity contribution is -0.111. The standard InChI is InChI=1S/C17H12N2O2S.C8H18N2/c1-2-16(21)18-14-5-3-4-11-6-7-12(8-13(11)14)15-10-22-17(9-20)19-15;1-10(2)8-5-3-7(9)4-6-8/h2-10H,1H2,(H,18,21);7-8H,3-6,9H2,1-2H3. The molecule has 0 atom stereocenters. The molecule has 2 aromatic carbocycles. The van der Waals surface area contributed by atoms with Crippen molar-refractivity contribution in [3.05, 3.63) is 59.4 Å². The second-order valence-electron chi connectivity index (χ2n) is 8.16. The van der Waals surface area contributed by atoms with Crippen molar-refractivity contribution in [2.45, 2.75) is 37.8 Å². The molecule has 1 heterocycles. The second-order valence-corrected chi connectivity index (χ2v) is 9.05. The SMILES string of the molecule is C=CC(=O)Nc1cccc2ccc(-c3csc(C=O)n3)cc12.CN(C)C1CCC(N)CC1. The van der Waals surface area contributed by atoms with Crippen molar-refractivity contribution in [2.75, 3.05) is 19.4 Å². The van der Waals surface area contributed by atoms with Gasteiger partial charge in [0.05, 0.1) is 5.69 Å². The molecular weight excluding hydrogens is 420 g/mol. The molecule has 1 fully saturated rings. The summed E-state index contributed by atoms with van der Waals surface area (Å²) in [6.45, 7) is 3.46. The number of nitrogens with one attached hydrogen (secondary N) is 1. The van der Waals surface area contributed by atoms with E-state index in [0.29, 0.717) is 11.0 Å². The number of aromatic nitrogens is 1. The number of aldehydes is 1. The molecule has 6 nitrogen and oxygen atoms in total. The summed E-state index contributed by atoms with van der Waals surface area (Å²) in [7, 11) is 4.31. The highest BCUT2D eigenvalue weighted by molar-refractivity contribution is 7.11. The summed E-state index contributed by atoms with van der Waals surface area (Å²) in [5, 5.41) is 7.01. The number of thiazole rings is 1. The summed E-state index contributed by atoms with van der Waals surface area (Å²) in [5.41, 5.74) is 8.15. The van der Waals surface area contributed by atoms with Gasteiger partial charge in [-0.2, -0.15) is 0 Å². The summed E-state index contributed by atoms with van der Waals surface area (Å²) in [5.74, 6) is -0.255. The smallest absolute Gasteiger partial charge is 0.247 e. The van der Waals surface area contributed by atoms with Crippen LogP contribution in [0.25, 0.3) is 22.0 Å². The van der Waals surface area contributed by atoms with E-state index in [1.807, 2.05) is 41.8 Å². The molecule has 0 bridgehead atoms. The summed E-state index contributed by atoms with van der Waals surface area (Å²) in [6, 6.07) is 12.8. The average Bonchev–Trinajstić information content (AvgIpc) is 3.29. The third-order valence-electron chi connectivity index (χ3n) is 5.72. The third kappa shape index (κ3) is 6.09. The number of anilines is 1. The van der Waals surface area contributed by atoms with E-state index in [2.05, 4.69) is 35.9 Å². The van der Waals surface area contributed by atoms with E-state index in [1.54, 1.807) is 0 Å². The molecule has 1 aliphatic rings. The quantitative estimate of drug-likeness (QED) is 0.434. The minimum absolute atomic E-state index is 0.255. The maximum atomic E-state index is 11.5. The number of hydrogen-bond acceptors (Lipinski definition) is 6. The highest BCUT2D eigenvalue weighted by Crippen LogP contribution is 2.29. The van der Waals surface area contributed by atoms with Gasteiger partial charge >= 0.3 is 0 Å². The molecule has 0 saturated heterocycles. The lowest BCUT2D eigenvalue weighted by atomic mass is 9.91. The van der Waals surface area contributed by atoms with Crippen LogP contribution in [0.3, 0.4) is 0 Å². The van der Waals surface area contributed by atoms with Crippen molar-refractivity contribution >= 4 is 40.0 Å². The van der Waals surface area contributed by atoms with Gasteiger partial charge in [-0.15, -0.1) is 11.3 Å². The van der Waals surface area contributed by atoms with Gasteiger partial charge in [-0.05, 0) is 63.4 Å². The van der Waals surface area contributed by atoms with Gasteiger partial charge in [0.1, 0.15) is 0 Å². The van der Waals surface area contributed by atoms with Crippen molar-refractivity contribution in [1.82, 2.24) is 9.88 Å². The Morgan fingerprint density at radius 1 is 1.22 bits per heavy atom. The largest absolute Gasteiger partial charge is 0.328 e. The molecule has 3 aromatic rings. The molecule has 32 heavy (non-hydrogen) atoms. The summed E-state index contributed by atoms with van der Waals surface area (Å²) in [6.07, 6.45) is 6.97.